The van der Waals surface area contributed by atoms with Crippen molar-refractivity contribution in [1.82, 2.24) is 20.5 Å². The molecule has 2 aromatic heterocycles. The highest BCUT2D eigenvalue weighted by atomic mass is 19.4. The van der Waals surface area contributed by atoms with Gasteiger partial charge in [-0.25, -0.2) is 4.98 Å². The van der Waals surface area contributed by atoms with Crippen molar-refractivity contribution in [3.05, 3.63) is 77.0 Å². The van der Waals surface area contributed by atoms with Crippen LogP contribution in [-0.4, -0.2) is 47.4 Å². The van der Waals surface area contributed by atoms with E-state index in [1.807, 2.05) is 4.90 Å². The molecule has 0 aliphatic carbocycles. The van der Waals surface area contributed by atoms with Crippen molar-refractivity contribution in [2.75, 3.05) is 31.2 Å². The van der Waals surface area contributed by atoms with Crippen molar-refractivity contribution in [3.63, 3.8) is 0 Å². The van der Waals surface area contributed by atoms with Crippen molar-refractivity contribution >= 4 is 17.3 Å². The molecule has 182 valence electrons. The van der Waals surface area contributed by atoms with E-state index in [2.05, 4.69) is 33.1 Å². The predicted octanol–water partition coefficient (Wildman–Crippen LogP) is 2.79. The zero-order chi connectivity index (χ0) is 25.6. The van der Waals surface area contributed by atoms with E-state index in [1.165, 1.54) is 12.2 Å². The Balaban J connectivity index is 1.90. The summed E-state index contributed by atoms with van der Waals surface area (Å²) in [5.41, 5.74) is 6.25. The number of alkyl halides is 3. The van der Waals surface area contributed by atoms with Crippen LogP contribution in [0.2, 0.25) is 0 Å². The summed E-state index contributed by atoms with van der Waals surface area (Å²) in [6, 6.07) is 4.37. The lowest BCUT2D eigenvalue weighted by Gasteiger charge is -2.28. The molecule has 1 aliphatic rings. The lowest BCUT2D eigenvalue weighted by molar-refractivity contribution is -0.141. The van der Waals surface area contributed by atoms with E-state index in [0.717, 1.165) is 6.20 Å². The number of carbonyl (C=O) groups is 1. The maximum atomic E-state index is 12.9. The number of nitrogens with zero attached hydrogens (tertiary/aromatic N) is 5. The fraction of sp³-hybridized carbons (Fsp3) is 0.261. The van der Waals surface area contributed by atoms with E-state index in [4.69, 9.17) is 10.5 Å². The zero-order valence-electron chi connectivity index (χ0n) is 18.8. The molecule has 2 aromatic rings. The Hall–Kier alpha value is -4.24. The van der Waals surface area contributed by atoms with Crippen LogP contribution in [0.4, 0.5) is 19.0 Å². The third kappa shape index (κ3) is 6.21. The van der Waals surface area contributed by atoms with Crippen LogP contribution in [0.1, 0.15) is 34.1 Å². The van der Waals surface area contributed by atoms with Crippen LogP contribution >= 0.6 is 0 Å². The van der Waals surface area contributed by atoms with Gasteiger partial charge in [0.2, 0.25) is 0 Å². The molecule has 0 saturated carbocycles. The quantitative estimate of drug-likeness (QED) is 0.598. The fourth-order valence-corrected chi connectivity index (χ4v) is 3.27. The van der Waals surface area contributed by atoms with Crippen LogP contribution in [0, 0.1) is 11.3 Å². The first-order valence-corrected chi connectivity index (χ1v) is 10.4. The fourth-order valence-electron chi connectivity index (χ4n) is 3.27. The Morgan fingerprint density at radius 1 is 1.29 bits per heavy atom. The van der Waals surface area contributed by atoms with Crippen LogP contribution in [0.5, 0.6) is 0 Å². The summed E-state index contributed by atoms with van der Waals surface area (Å²) in [6.45, 7) is 7.53. The number of hydrogen-bond acceptors (Lipinski definition) is 8. The molecule has 0 spiro atoms. The van der Waals surface area contributed by atoms with Crippen LogP contribution < -0.4 is 16.0 Å². The number of amides is 1. The summed E-state index contributed by atoms with van der Waals surface area (Å²) in [4.78, 5) is 18.9. The second-order valence-corrected chi connectivity index (χ2v) is 7.49. The molecular weight excluding hydrogens is 463 g/mol. The molecule has 3 N–H and O–H groups in total. The normalized spacial score (nSPS) is 15.2. The van der Waals surface area contributed by atoms with Crippen LogP contribution in [0.3, 0.4) is 0 Å². The van der Waals surface area contributed by atoms with E-state index in [1.54, 1.807) is 19.2 Å². The van der Waals surface area contributed by atoms with Crippen molar-refractivity contribution in [2.24, 2.45) is 5.73 Å². The average Bonchev–Trinajstić information content (AvgIpc) is 2.85. The van der Waals surface area contributed by atoms with Gasteiger partial charge in [0.1, 0.15) is 11.9 Å². The third-order valence-electron chi connectivity index (χ3n) is 5.02. The lowest BCUT2D eigenvalue weighted by atomic mass is 10.0. The van der Waals surface area contributed by atoms with Crippen LogP contribution in [0.15, 0.2) is 54.7 Å². The number of nitriles is 1. The number of rotatable bonds is 6. The molecule has 3 rings (SSSR count). The van der Waals surface area contributed by atoms with Crippen molar-refractivity contribution in [3.8, 4) is 6.07 Å². The Morgan fingerprint density at radius 3 is 2.60 bits per heavy atom. The Morgan fingerprint density at radius 2 is 2.00 bits per heavy atom. The van der Waals surface area contributed by atoms with Gasteiger partial charge in [0.25, 0.3) is 5.91 Å². The van der Waals surface area contributed by atoms with Gasteiger partial charge in [0.15, 0.2) is 5.69 Å². The summed E-state index contributed by atoms with van der Waals surface area (Å²) in [6.07, 6.45) is 0.529. The molecule has 3 heterocycles. The summed E-state index contributed by atoms with van der Waals surface area (Å²) in [5, 5.41) is 18.4. The maximum Gasteiger partial charge on any atom is 0.435 e. The SMILES string of the molecule is C=C/C(=C\C(=C(\C)N)c1cnc(N2CCOCC2)c(C#N)c1)NC(=O)c1cnnc(C(F)(F)F)c1. The highest BCUT2D eigenvalue weighted by Gasteiger charge is 2.33. The molecular formula is C23H22F3N7O2. The number of nitrogens with two attached hydrogens (primary N) is 1. The topological polar surface area (TPSA) is 130 Å². The van der Waals surface area contributed by atoms with Gasteiger partial charge in [-0.15, -0.1) is 5.10 Å². The second kappa shape index (κ2) is 10.8. The highest BCUT2D eigenvalue weighted by Crippen LogP contribution is 2.28. The summed E-state index contributed by atoms with van der Waals surface area (Å²) >= 11 is 0. The summed E-state index contributed by atoms with van der Waals surface area (Å²) < 4.78 is 44.0. The second-order valence-electron chi connectivity index (χ2n) is 7.49. The highest BCUT2D eigenvalue weighted by molar-refractivity contribution is 5.95. The van der Waals surface area contributed by atoms with Crippen molar-refractivity contribution in [1.29, 1.82) is 5.26 Å². The number of morpholine rings is 1. The number of carbonyl (C=O) groups excluding carboxylic acids is 1. The molecule has 1 fully saturated rings. The smallest absolute Gasteiger partial charge is 0.402 e. The number of pyridine rings is 1. The molecule has 35 heavy (non-hydrogen) atoms. The van der Waals surface area contributed by atoms with Gasteiger partial charge in [0, 0.05) is 41.8 Å². The molecule has 1 saturated heterocycles. The first-order valence-electron chi connectivity index (χ1n) is 10.4. The number of hydrogen-bond donors (Lipinski definition) is 2. The first-order chi connectivity index (χ1) is 16.6. The molecule has 0 radical (unpaired) electrons. The van der Waals surface area contributed by atoms with E-state index < -0.39 is 17.8 Å². The number of aromatic nitrogens is 3. The molecule has 0 bridgehead atoms. The maximum absolute atomic E-state index is 12.9. The minimum Gasteiger partial charge on any atom is -0.402 e. The Kier molecular flexibility index (Phi) is 7.83. The summed E-state index contributed by atoms with van der Waals surface area (Å²) in [7, 11) is 0. The molecule has 1 aliphatic heterocycles. The van der Waals surface area contributed by atoms with Gasteiger partial charge in [-0.3, -0.25) is 4.79 Å². The van der Waals surface area contributed by atoms with Crippen molar-refractivity contribution in [2.45, 2.75) is 13.1 Å². The Labute approximate surface area is 199 Å². The Bertz CT molecular complexity index is 1220. The van der Waals surface area contributed by atoms with E-state index >= 15 is 0 Å². The minimum atomic E-state index is -4.74. The number of ether oxygens (including phenoxy) is 1. The standard InChI is InChI=1S/C23H22F3N7O2/c1-3-18(31-22(34)17-9-20(23(24,25)26)32-30-13-17)10-19(14(2)28)16-8-15(11-27)21(29-12-16)33-4-6-35-7-5-33/h3,8-10,12-13H,1,4-7,28H2,2H3,(H,31,34)/b18-10+,19-14+. The predicted molar refractivity (Wildman–Crippen MR) is 122 cm³/mol. The molecule has 12 heteroatoms. The molecule has 1 amide bonds. The summed E-state index contributed by atoms with van der Waals surface area (Å²) in [5.74, 6) is -0.315. The third-order valence-corrected chi connectivity index (χ3v) is 5.02. The molecule has 0 atom stereocenters. The zero-order valence-corrected chi connectivity index (χ0v) is 18.8. The molecule has 9 nitrogen and oxygen atoms in total. The van der Waals surface area contributed by atoms with Crippen molar-refractivity contribution < 1.29 is 22.7 Å². The number of halogens is 3. The van der Waals surface area contributed by atoms with Gasteiger partial charge in [-0.2, -0.15) is 23.5 Å². The largest absolute Gasteiger partial charge is 0.435 e. The van der Waals surface area contributed by atoms with Gasteiger partial charge >= 0.3 is 6.18 Å². The average molecular weight is 485 g/mol. The van der Waals surface area contributed by atoms with Gasteiger partial charge in [0.05, 0.1) is 30.5 Å². The van der Waals surface area contributed by atoms with Gasteiger partial charge < -0.3 is 20.7 Å². The lowest BCUT2D eigenvalue weighted by Crippen LogP contribution is -2.37. The molecule has 0 unspecified atom stereocenters. The monoisotopic (exact) mass is 485 g/mol. The first kappa shape index (κ1) is 25.4. The van der Waals surface area contributed by atoms with Gasteiger partial charge in [-0.1, -0.05) is 6.58 Å². The number of anilines is 1. The van der Waals surface area contributed by atoms with Gasteiger partial charge in [-0.05, 0) is 31.2 Å². The number of allylic oxidation sites excluding steroid dienone is 4. The van der Waals surface area contributed by atoms with E-state index in [0.29, 0.717) is 60.6 Å². The van der Waals surface area contributed by atoms with E-state index in [-0.39, 0.29) is 11.3 Å². The molecule has 0 aromatic carbocycles. The number of nitrogens with one attached hydrogen (secondary N) is 1. The van der Waals surface area contributed by atoms with Crippen LogP contribution in [-0.2, 0) is 10.9 Å². The van der Waals surface area contributed by atoms with E-state index in [9.17, 15) is 23.2 Å². The van der Waals surface area contributed by atoms with Crippen LogP contribution in [0.25, 0.3) is 5.57 Å². The minimum absolute atomic E-state index is 0.163.